The highest BCUT2D eigenvalue weighted by atomic mass is 79.9. The predicted molar refractivity (Wildman–Crippen MR) is 76.5 cm³/mol. The van der Waals surface area contributed by atoms with E-state index in [1.165, 1.54) is 14.6 Å². The zero-order valence-corrected chi connectivity index (χ0v) is 13.3. The Hall–Kier alpha value is 0.650. The lowest BCUT2D eigenvalue weighted by atomic mass is 10.3. The van der Waals surface area contributed by atoms with Crippen LogP contribution in [-0.2, 0) is 0 Å². The highest BCUT2D eigenvalue weighted by Crippen LogP contribution is 2.42. The molecule has 2 rings (SSSR count). The van der Waals surface area contributed by atoms with Crippen LogP contribution in [0.3, 0.4) is 0 Å². The minimum absolute atomic E-state index is 0.0469. The quantitative estimate of drug-likeness (QED) is 0.558. The molecule has 0 aromatic carbocycles. The van der Waals surface area contributed by atoms with Crippen LogP contribution in [0.15, 0.2) is 26.5 Å². The third-order valence-electron chi connectivity index (χ3n) is 1.91. The zero-order chi connectivity index (χ0) is 11.0. The maximum absolute atomic E-state index is 6.43. The maximum Gasteiger partial charge on any atom is 0.103 e. The van der Waals surface area contributed by atoms with E-state index in [1.807, 2.05) is 6.07 Å². The Morgan fingerprint density at radius 3 is 2.47 bits per heavy atom. The van der Waals surface area contributed by atoms with Gasteiger partial charge in [0.05, 0.1) is 3.79 Å². The molecule has 0 bridgehead atoms. The fraction of sp³-hybridized carbons (Fsp3) is 0.200. The highest BCUT2D eigenvalue weighted by Gasteiger charge is 2.18. The molecule has 2 heterocycles. The number of alkyl halides is 1. The van der Waals surface area contributed by atoms with Gasteiger partial charge in [-0.2, -0.15) is 0 Å². The first-order valence-electron chi connectivity index (χ1n) is 4.23. The van der Waals surface area contributed by atoms with Crippen LogP contribution in [0.2, 0.25) is 0 Å². The summed E-state index contributed by atoms with van der Waals surface area (Å²) in [6.07, 6.45) is 0. The van der Waals surface area contributed by atoms with E-state index in [0.717, 1.165) is 8.26 Å². The summed E-state index contributed by atoms with van der Waals surface area (Å²) in [7, 11) is 0. The summed E-state index contributed by atoms with van der Waals surface area (Å²) in [5.74, 6) is 0. The molecule has 2 aromatic heterocycles. The van der Waals surface area contributed by atoms with E-state index >= 15 is 0 Å². The van der Waals surface area contributed by atoms with Crippen LogP contribution in [0, 0.1) is 6.92 Å². The Morgan fingerprint density at radius 2 is 2.00 bits per heavy atom. The number of thiophene rings is 2. The molecule has 80 valence electrons. The van der Waals surface area contributed by atoms with Gasteiger partial charge in [0.2, 0.25) is 0 Å². The van der Waals surface area contributed by atoms with E-state index in [4.69, 9.17) is 11.6 Å². The first-order valence-corrected chi connectivity index (χ1v) is 7.88. The van der Waals surface area contributed by atoms with Crippen molar-refractivity contribution in [2.24, 2.45) is 0 Å². The highest BCUT2D eigenvalue weighted by molar-refractivity contribution is 9.11. The van der Waals surface area contributed by atoms with Crippen LogP contribution < -0.4 is 0 Å². The lowest BCUT2D eigenvalue weighted by Gasteiger charge is -2.04. The molecule has 0 saturated carbocycles. The summed E-state index contributed by atoms with van der Waals surface area (Å²) in [4.78, 5) is 3.63. The van der Waals surface area contributed by atoms with Crippen LogP contribution in [0.4, 0.5) is 0 Å². The first-order chi connectivity index (χ1) is 7.08. The van der Waals surface area contributed by atoms with Crippen LogP contribution in [0.25, 0.3) is 0 Å². The summed E-state index contributed by atoms with van der Waals surface area (Å²) in [6, 6.07) is 6.20. The molecule has 1 unspecified atom stereocenters. The molecule has 0 spiro atoms. The standard InChI is InChI=1S/C10H7Br2ClS2/c1-5-4-6(11)10(14-5)9(13)7-2-3-8(12)15-7/h2-4,9H,1H3. The van der Waals surface area contributed by atoms with E-state index in [1.54, 1.807) is 22.7 Å². The Morgan fingerprint density at radius 1 is 1.27 bits per heavy atom. The van der Waals surface area contributed by atoms with Gasteiger partial charge in [-0.05, 0) is 57.0 Å². The topological polar surface area (TPSA) is 0 Å². The van der Waals surface area contributed by atoms with Gasteiger partial charge in [0.15, 0.2) is 0 Å². The van der Waals surface area contributed by atoms with Gasteiger partial charge < -0.3 is 0 Å². The van der Waals surface area contributed by atoms with Crippen molar-refractivity contribution in [2.75, 3.05) is 0 Å². The molecule has 0 aliphatic rings. The maximum atomic E-state index is 6.43. The van der Waals surface area contributed by atoms with Crippen molar-refractivity contribution in [1.82, 2.24) is 0 Å². The van der Waals surface area contributed by atoms with Gasteiger partial charge in [-0.1, -0.05) is 0 Å². The predicted octanol–water partition coefficient (Wildman–Crippen LogP) is 5.97. The first kappa shape index (κ1) is 12.1. The van der Waals surface area contributed by atoms with Crippen molar-refractivity contribution in [1.29, 1.82) is 0 Å². The molecular weight excluding hydrogens is 380 g/mol. The number of aryl methyl sites for hydroxylation is 1. The molecule has 5 heteroatoms. The monoisotopic (exact) mass is 384 g/mol. The van der Waals surface area contributed by atoms with Crippen LogP contribution in [0.5, 0.6) is 0 Å². The molecular formula is C10H7Br2ClS2. The lowest BCUT2D eigenvalue weighted by Crippen LogP contribution is -1.85. The van der Waals surface area contributed by atoms with E-state index in [2.05, 4.69) is 50.9 Å². The van der Waals surface area contributed by atoms with E-state index in [9.17, 15) is 0 Å². The second kappa shape index (κ2) is 4.88. The Balaban J connectivity index is 2.35. The van der Waals surface area contributed by atoms with Crippen LogP contribution in [0.1, 0.15) is 20.0 Å². The second-order valence-corrected chi connectivity index (χ2v) is 8.15. The Kier molecular flexibility index (Phi) is 3.94. The fourth-order valence-corrected chi connectivity index (χ4v) is 5.22. The second-order valence-electron chi connectivity index (χ2n) is 3.07. The fourth-order valence-electron chi connectivity index (χ4n) is 1.27. The van der Waals surface area contributed by atoms with Crippen molar-refractivity contribution in [3.63, 3.8) is 0 Å². The van der Waals surface area contributed by atoms with Gasteiger partial charge in [-0.25, -0.2) is 0 Å². The number of hydrogen-bond acceptors (Lipinski definition) is 2. The number of rotatable bonds is 2. The van der Waals surface area contributed by atoms with Gasteiger partial charge in [0, 0.05) is 19.1 Å². The van der Waals surface area contributed by atoms with Gasteiger partial charge in [0.25, 0.3) is 0 Å². The van der Waals surface area contributed by atoms with E-state index in [-0.39, 0.29) is 5.38 Å². The summed E-state index contributed by atoms with van der Waals surface area (Å²) in [5.41, 5.74) is 0. The molecule has 0 radical (unpaired) electrons. The third kappa shape index (κ3) is 2.67. The largest absolute Gasteiger partial charge is 0.143 e. The minimum atomic E-state index is -0.0469. The van der Waals surface area contributed by atoms with Crippen molar-refractivity contribution >= 4 is 66.1 Å². The molecule has 0 N–H and O–H groups in total. The number of halogens is 3. The third-order valence-corrected chi connectivity index (χ3v) is 6.34. The zero-order valence-electron chi connectivity index (χ0n) is 7.76. The average molecular weight is 387 g/mol. The Labute approximate surface area is 119 Å². The molecule has 1 atom stereocenters. The van der Waals surface area contributed by atoms with Crippen molar-refractivity contribution in [3.8, 4) is 0 Å². The van der Waals surface area contributed by atoms with Gasteiger partial charge >= 0.3 is 0 Å². The molecule has 15 heavy (non-hydrogen) atoms. The van der Waals surface area contributed by atoms with Crippen molar-refractivity contribution in [3.05, 3.63) is 41.1 Å². The van der Waals surface area contributed by atoms with Crippen molar-refractivity contribution < 1.29 is 0 Å². The molecule has 2 aromatic rings. The van der Waals surface area contributed by atoms with E-state index < -0.39 is 0 Å². The van der Waals surface area contributed by atoms with Crippen LogP contribution >= 0.6 is 66.1 Å². The normalized spacial score (nSPS) is 13.1. The van der Waals surface area contributed by atoms with Crippen molar-refractivity contribution in [2.45, 2.75) is 12.3 Å². The molecule has 0 fully saturated rings. The molecule has 0 nitrogen and oxygen atoms in total. The SMILES string of the molecule is Cc1cc(Br)c(C(Cl)c2ccc(Br)s2)s1. The lowest BCUT2D eigenvalue weighted by molar-refractivity contribution is 1.23. The van der Waals surface area contributed by atoms with Gasteiger partial charge in [-0.3, -0.25) is 0 Å². The number of hydrogen-bond donors (Lipinski definition) is 0. The Bertz CT molecular complexity index is 475. The average Bonchev–Trinajstić information content (AvgIpc) is 2.71. The minimum Gasteiger partial charge on any atom is -0.143 e. The molecule has 0 aliphatic carbocycles. The molecule has 0 saturated heterocycles. The van der Waals surface area contributed by atoms with Crippen LogP contribution in [-0.4, -0.2) is 0 Å². The summed E-state index contributed by atoms with van der Waals surface area (Å²) in [5, 5.41) is -0.0469. The smallest absolute Gasteiger partial charge is 0.103 e. The summed E-state index contributed by atoms with van der Waals surface area (Å²) >= 11 is 16.8. The van der Waals surface area contributed by atoms with Gasteiger partial charge in [0.1, 0.15) is 5.38 Å². The van der Waals surface area contributed by atoms with Gasteiger partial charge in [-0.15, -0.1) is 34.3 Å². The van der Waals surface area contributed by atoms with E-state index in [0.29, 0.717) is 0 Å². The molecule has 0 aliphatic heterocycles. The molecule has 0 amide bonds. The summed E-state index contributed by atoms with van der Waals surface area (Å²) in [6.45, 7) is 2.09. The summed E-state index contributed by atoms with van der Waals surface area (Å²) < 4.78 is 2.22.